The van der Waals surface area contributed by atoms with Crippen molar-refractivity contribution in [1.29, 1.82) is 0 Å². The Bertz CT molecular complexity index is 828. The summed E-state index contributed by atoms with van der Waals surface area (Å²) in [5.41, 5.74) is 4.21. The Balaban J connectivity index is 1.52. The van der Waals surface area contributed by atoms with Crippen molar-refractivity contribution in [3.05, 3.63) is 83.7 Å². The van der Waals surface area contributed by atoms with Gasteiger partial charge in [-0.15, -0.1) is 0 Å². The van der Waals surface area contributed by atoms with Gasteiger partial charge in [0, 0.05) is 12.7 Å². The maximum absolute atomic E-state index is 10.0. The van der Waals surface area contributed by atoms with E-state index in [2.05, 4.69) is 28.6 Å². The monoisotopic (exact) mass is 319 g/mol. The van der Waals surface area contributed by atoms with Crippen molar-refractivity contribution in [2.45, 2.75) is 24.9 Å². The molecule has 1 atom stereocenters. The van der Waals surface area contributed by atoms with E-state index in [0.29, 0.717) is 6.54 Å². The Morgan fingerprint density at radius 3 is 2.67 bits per heavy atom. The Labute approximate surface area is 141 Å². The lowest BCUT2D eigenvalue weighted by molar-refractivity contribution is 0.158. The number of rotatable bonds is 5. The van der Waals surface area contributed by atoms with Crippen LogP contribution in [0.5, 0.6) is 0 Å². The lowest BCUT2D eigenvalue weighted by Crippen LogP contribution is -2.43. The highest BCUT2D eigenvalue weighted by Gasteiger charge is 2.37. The van der Waals surface area contributed by atoms with Crippen LogP contribution in [-0.2, 0) is 18.5 Å². The summed E-state index contributed by atoms with van der Waals surface area (Å²) in [6.07, 6.45) is 3.89. The van der Waals surface area contributed by atoms with Crippen LogP contribution in [0.25, 0.3) is 5.69 Å². The number of benzene rings is 2. The molecule has 2 N–H and O–H groups in total. The topological polar surface area (TPSA) is 50.1 Å². The van der Waals surface area contributed by atoms with Crippen LogP contribution < -0.4 is 5.32 Å². The fourth-order valence-corrected chi connectivity index (χ4v) is 3.53. The fourth-order valence-electron chi connectivity index (χ4n) is 3.53. The second kappa shape index (κ2) is 6.23. The Hall–Kier alpha value is -2.43. The second-order valence-corrected chi connectivity index (χ2v) is 6.34. The molecule has 0 fully saturated rings. The SMILES string of the molecule is OCC1(NCc2ccn(-c3ccccc3)n2)CCc2ccccc21. The Morgan fingerprint density at radius 1 is 1.04 bits per heavy atom. The maximum atomic E-state index is 10.0. The number of nitrogens with one attached hydrogen (secondary N) is 1. The van der Waals surface area contributed by atoms with Crippen molar-refractivity contribution in [2.24, 2.45) is 0 Å². The van der Waals surface area contributed by atoms with Gasteiger partial charge < -0.3 is 5.11 Å². The lowest BCUT2D eigenvalue weighted by atomic mass is 9.92. The van der Waals surface area contributed by atoms with E-state index in [4.69, 9.17) is 0 Å². The zero-order valence-corrected chi connectivity index (χ0v) is 13.5. The van der Waals surface area contributed by atoms with Gasteiger partial charge in [0.2, 0.25) is 0 Å². The summed E-state index contributed by atoms with van der Waals surface area (Å²) >= 11 is 0. The third-order valence-corrected chi connectivity index (χ3v) is 4.90. The molecule has 0 saturated heterocycles. The minimum Gasteiger partial charge on any atom is -0.394 e. The molecule has 4 nitrogen and oxygen atoms in total. The van der Waals surface area contributed by atoms with Gasteiger partial charge in [0.25, 0.3) is 0 Å². The largest absolute Gasteiger partial charge is 0.394 e. The fraction of sp³-hybridized carbons (Fsp3) is 0.250. The molecule has 1 unspecified atom stereocenters. The third-order valence-electron chi connectivity index (χ3n) is 4.90. The van der Waals surface area contributed by atoms with Crippen LogP contribution in [0.1, 0.15) is 23.2 Å². The summed E-state index contributed by atoms with van der Waals surface area (Å²) in [4.78, 5) is 0. The Morgan fingerprint density at radius 2 is 1.83 bits per heavy atom. The first-order valence-corrected chi connectivity index (χ1v) is 8.35. The second-order valence-electron chi connectivity index (χ2n) is 6.34. The molecular formula is C20H21N3O. The molecule has 0 bridgehead atoms. The zero-order valence-electron chi connectivity index (χ0n) is 13.5. The molecule has 1 aliphatic carbocycles. The van der Waals surface area contributed by atoms with Crippen LogP contribution in [0.3, 0.4) is 0 Å². The van der Waals surface area contributed by atoms with E-state index in [-0.39, 0.29) is 12.1 Å². The molecule has 122 valence electrons. The van der Waals surface area contributed by atoms with Crippen LogP contribution in [0.15, 0.2) is 66.9 Å². The summed E-state index contributed by atoms with van der Waals surface area (Å²) in [6, 6.07) is 20.5. The van der Waals surface area contributed by atoms with E-state index in [9.17, 15) is 5.11 Å². The summed E-state index contributed by atoms with van der Waals surface area (Å²) < 4.78 is 1.88. The van der Waals surface area contributed by atoms with Gasteiger partial charge in [0.05, 0.1) is 23.5 Å². The first-order chi connectivity index (χ1) is 11.8. The van der Waals surface area contributed by atoms with Gasteiger partial charge in [0.15, 0.2) is 0 Å². The molecule has 0 saturated carbocycles. The Kier molecular flexibility index (Phi) is 3.92. The number of nitrogens with zero attached hydrogens (tertiary/aromatic N) is 2. The quantitative estimate of drug-likeness (QED) is 0.760. The predicted molar refractivity (Wildman–Crippen MR) is 93.9 cm³/mol. The smallest absolute Gasteiger partial charge is 0.0767 e. The van der Waals surface area contributed by atoms with Crippen molar-refractivity contribution in [3.63, 3.8) is 0 Å². The van der Waals surface area contributed by atoms with Gasteiger partial charge >= 0.3 is 0 Å². The van der Waals surface area contributed by atoms with Crippen LogP contribution in [0.4, 0.5) is 0 Å². The number of fused-ring (bicyclic) bond motifs is 1. The van der Waals surface area contributed by atoms with Crippen LogP contribution in [-0.4, -0.2) is 21.5 Å². The minimum atomic E-state index is -0.354. The van der Waals surface area contributed by atoms with Crippen molar-refractivity contribution in [3.8, 4) is 5.69 Å². The first kappa shape index (κ1) is 15.1. The number of aryl methyl sites for hydroxylation is 1. The molecule has 2 aromatic carbocycles. The van der Waals surface area contributed by atoms with Crippen molar-refractivity contribution >= 4 is 0 Å². The molecule has 1 aliphatic rings. The van der Waals surface area contributed by atoms with Gasteiger partial charge in [0.1, 0.15) is 0 Å². The van der Waals surface area contributed by atoms with Gasteiger partial charge in [-0.25, -0.2) is 4.68 Å². The zero-order chi connectivity index (χ0) is 16.4. The molecular weight excluding hydrogens is 298 g/mol. The van der Waals surface area contributed by atoms with Crippen molar-refractivity contribution in [2.75, 3.05) is 6.61 Å². The summed E-state index contributed by atoms with van der Waals surface area (Å²) in [6.45, 7) is 0.734. The molecule has 0 aliphatic heterocycles. The van der Waals surface area contributed by atoms with Crippen LogP contribution in [0, 0.1) is 0 Å². The predicted octanol–water partition coefficient (Wildman–Crippen LogP) is 2.80. The van der Waals surface area contributed by atoms with E-state index in [1.54, 1.807) is 0 Å². The third kappa shape index (κ3) is 2.64. The van der Waals surface area contributed by atoms with Gasteiger partial charge in [-0.05, 0) is 42.2 Å². The van der Waals surface area contributed by atoms with E-state index in [0.717, 1.165) is 24.2 Å². The van der Waals surface area contributed by atoms with Crippen LogP contribution >= 0.6 is 0 Å². The van der Waals surface area contributed by atoms with Gasteiger partial charge in [-0.3, -0.25) is 5.32 Å². The number of aliphatic hydroxyl groups is 1. The highest BCUT2D eigenvalue weighted by atomic mass is 16.3. The van der Waals surface area contributed by atoms with E-state index >= 15 is 0 Å². The van der Waals surface area contributed by atoms with Crippen molar-refractivity contribution in [1.82, 2.24) is 15.1 Å². The summed E-state index contributed by atoms with van der Waals surface area (Å²) in [5, 5.41) is 18.2. The molecule has 0 amide bonds. The highest BCUT2D eigenvalue weighted by molar-refractivity contribution is 5.39. The maximum Gasteiger partial charge on any atom is 0.0767 e. The molecule has 1 aromatic heterocycles. The number of hydrogen-bond donors (Lipinski definition) is 2. The molecule has 0 radical (unpaired) electrons. The minimum absolute atomic E-state index is 0.101. The summed E-state index contributed by atoms with van der Waals surface area (Å²) in [5.74, 6) is 0. The molecule has 4 rings (SSSR count). The number of aliphatic hydroxyl groups excluding tert-OH is 1. The average molecular weight is 319 g/mol. The molecule has 4 heteroatoms. The van der Waals surface area contributed by atoms with E-state index in [1.807, 2.05) is 53.3 Å². The van der Waals surface area contributed by atoms with E-state index in [1.165, 1.54) is 11.1 Å². The number of para-hydroxylation sites is 1. The molecule has 0 spiro atoms. The molecule has 24 heavy (non-hydrogen) atoms. The molecule has 3 aromatic rings. The van der Waals surface area contributed by atoms with Crippen molar-refractivity contribution < 1.29 is 5.11 Å². The number of aromatic nitrogens is 2. The number of hydrogen-bond acceptors (Lipinski definition) is 3. The standard InChI is InChI=1S/C20H21N3O/c24-15-20(12-10-16-6-4-5-9-19(16)20)21-14-17-11-13-23(22-17)18-7-2-1-3-8-18/h1-9,11,13,21,24H,10,12,14-15H2. The van der Waals surface area contributed by atoms with Gasteiger partial charge in [-0.1, -0.05) is 42.5 Å². The van der Waals surface area contributed by atoms with E-state index < -0.39 is 0 Å². The first-order valence-electron chi connectivity index (χ1n) is 8.35. The normalized spacial score (nSPS) is 19.4. The average Bonchev–Trinajstić information content (AvgIpc) is 3.26. The lowest BCUT2D eigenvalue weighted by Gasteiger charge is -2.29. The molecule has 1 heterocycles. The van der Waals surface area contributed by atoms with Crippen LogP contribution in [0.2, 0.25) is 0 Å². The van der Waals surface area contributed by atoms with Gasteiger partial charge in [-0.2, -0.15) is 5.10 Å². The highest BCUT2D eigenvalue weighted by Crippen LogP contribution is 2.36. The summed E-state index contributed by atoms with van der Waals surface area (Å²) in [7, 11) is 0.